The summed E-state index contributed by atoms with van der Waals surface area (Å²) >= 11 is 2.34. The lowest BCUT2D eigenvalue weighted by Gasteiger charge is -2.12. The van der Waals surface area contributed by atoms with E-state index in [9.17, 15) is 0 Å². The number of ether oxygens (including phenoxy) is 1. The molecule has 0 fully saturated rings. The van der Waals surface area contributed by atoms with Gasteiger partial charge < -0.3 is 4.74 Å². The van der Waals surface area contributed by atoms with E-state index in [1.165, 1.54) is 9.13 Å². The third-order valence-electron chi connectivity index (χ3n) is 2.22. The van der Waals surface area contributed by atoms with Gasteiger partial charge in [0.25, 0.3) is 0 Å². The lowest BCUT2D eigenvalue weighted by Crippen LogP contribution is -2.08. The van der Waals surface area contributed by atoms with E-state index in [1.54, 1.807) is 0 Å². The normalized spacial score (nSPS) is 13.3. The fraction of sp³-hybridized carbons (Fsp3) is 0.385. The van der Waals surface area contributed by atoms with E-state index < -0.39 is 0 Å². The van der Waals surface area contributed by atoms with Gasteiger partial charge in [-0.15, -0.1) is 0 Å². The third-order valence-corrected chi connectivity index (χ3v) is 3.27. The van der Waals surface area contributed by atoms with Gasteiger partial charge in [-0.1, -0.05) is 37.3 Å². The Morgan fingerprint density at radius 2 is 2.13 bits per heavy atom. The van der Waals surface area contributed by atoms with Crippen LogP contribution >= 0.6 is 22.6 Å². The van der Waals surface area contributed by atoms with E-state index in [4.69, 9.17) is 4.74 Å². The summed E-state index contributed by atoms with van der Waals surface area (Å²) in [7, 11) is 0. The Morgan fingerprint density at radius 1 is 1.40 bits per heavy atom. The molecule has 0 amide bonds. The average molecular weight is 316 g/mol. The van der Waals surface area contributed by atoms with Crippen LogP contribution in [0, 0.1) is 3.57 Å². The molecule has 0 heterocycles. The number of rotatable bonds is 5. The smallest absolute Gasteiger partial charge is 0.0757 e. The van der Waals surface area contributed by atoms with Crippen LogP contribution in [0.5, 0.6) is 0 Å². The van der Waals surface area contributed by atoms with Gasteiger partial charge in [0.15, 0.2) is 0 Å². The maximum atomic E-state index is 5.81. The lowest BCUT2D eigenvalue weighted by atomic mass is 10.2. The molecule has 0 saturated heterocycles. The van der Waals surface area contributed by atoms with Crippen molar-refractivity contribution in [2.75, 3.05) is 0 Å². The molecule has 0 aromatic heterocycles. The Morgan fingerprint density at radius 3 is 2.73 bits per heavy atom. The second kappa shape index (κ2) is 7.01. The van der Waals surface area contributed by atoms with Gasteiger partial charge in [-0.2, -0.15) is 0 Å². The SMILES string of the molecule is C/C=C/C(CC)OCc1ccccc1I. The first kappa shape index (κ1) is 12.7. The molecule has 2 heteroatoms. The molecule has 0 aliphatic heterocycles. The van der Waals surface area contributed by atoms with Crippen molar-refractivity contribution < 1.29 is 4.74 Å². The molecule has 1 atom stereocenters. The highest BCUT2D eigenvalue weighted by Crippen LogP contribution is 2.14. The van der Waals surface area contributed by atoms with Crippen molar-refractivity contribution in [2.45, 2.75) is 33.0 Å². The lowest BCUT2D eigenvalue weighted by molar-refractivity contribution is 0.0692. The van der Waals surface area contributed by atoms with Crippen molar-refractivity contribution in [3.8, 4) is 0 Å². The molecule has 0 aliphatic rings. The first-order chi connectivity index (χ1) is 7.27. The summed E-state index contributed by atoms with van der Waals surface area (Å²) in [5, 5.41) is 0. The Hall–Kier alpha value is -0.350. The first-order valence-corrected chi connectivity index (χ1v) is 6.33. The zero-order valence-corrected chi connectivity index (χ0v) is 11.4. The summed E-state index contributed by atoms with van der Waals surface area (Å²) < 4.78 is 7.08. The Bertz CT molecular complexity index is 320. The summed E-state index contributed by atoms with van der Waals surface area (Å²) in [6.45, 7) is 4.86. The maximum absolute atomic E-state index is 5.81. The fourth-order valence-corrected chi connectivity index (χ4v) is 1.88. The zero-order valence-electron chi connectivity index (χ0n) is 9.24. The highest BCUT2D eigenvalue weighted by atomic mass is 127. The molecule has 1 unspecified atom stereocenters. The van der Waals surface area contributed by atoms with Crippen LogP contribution in [0.25, 0.3) is 0 Å². The van der Waals surface area contributed by atoms with Gasteiger partial charge >= 0.3 is 0 Å². The van der Waals surface area contributed by atoms with E-state index in [0.29, 0.717) is 6.61 Å². The van der Waals surface area contributed by atoms with Crippen molar-refractivity contribution in [1.29, 1.82) is 0 Å². The van der Waals surface area contributed by atoms with Crippen molar-refractivity contribution in [1.82, 2.24) is 0 Å². The van der Waals surface area contributed by atoms with Crippen LogP contribution in [0.1, 0.15) is 25.8 Å². The fourth-order valence-electron chi connectivity index (χ4n) is 1.34. The van der Waals surface area contributed by atoms with Crippen LogP contribution in [-0.4, -0.2) is 6.10 Å². The quantitative estimate of drug-likeness (QED) is 0.585. The van der Waals surface area contributed by atoms with Gasteiger partial charge in [0.1, 0.15) is 0 Å². The molecule has 1 aromatic carbocycles. The Kier molecular flexibility index (Phi) is 5.95. The summed E-state index contributed by atoms with van der Waals surface area (Å²) in [6.07, 6.45) is 5.42. The van der Waals surface area contributed by atoms with Crippen LogP contribution < -0.4 is 0 Å². The van der Waals surface area contributed by atoms with E-state index >= 15 is 0 Å². The molecule has 1 aromatic rings. The molecule has 0 bridgehead atoms. The van der Waals surface area contributed by atoms with Gasteiger partial charge in [0, 0.05) is 3.57 Å². The minimum absolute atomic E-state index is 0.242. The summed E-state index contributed by atoms with van der Waals surface area (Å²) in [6, 6.07) is 8.33. The van der Waals surface area contributed by atoms with E-state index in [1.807, 2.05) is 13.0 Å². The highest BCUT2D eigenvalue weighted by Gasteiger charge is 2.03. The zero-order chi connectivity index (χ0) is 11.1. The number of hydrogen-bond donors (Lipinski definition) is 0. The molecular formula is C13H17IO. The van der Waals surface area contributed by atoms with Crippen LogP contribution in [0.2, 0.25) is 0 Å². The van der Waals surface area contributed by atoms with Crippen molar-refractivity contribution in [3.63, 3.8) is 0 Å². The predicted octanol–water partition coefficient (Wildman–Crippen LogP) is 4.16. The molecule has 82 valence electrons. The van der Waals surface area contributed by atoms with Gasteiger partial charge in [-0.05, 0) is 47.6 Å². The van der Waals surface area contributed by atoms with Gasteiger partial charge in [0.2, 0.25) is 0 Å². The van der Waals surface area contributed by atoms with Crippen LogP contribution in [0.15, 0.2) is 36.4 Å². The molecule has 15 heavy (non-hydrogen) atoms. The molecule has 0 radical (unpaired) electrons. The number of halogens is 1. The summed E-state index contributed by atoms with van der Waals surface area (Å²) in [4.78, 5) is 0. The molecule has 1 rings (SSSR count). The molecule has 0 saturated carbocycles. The van der Waals surface area contributed by atoms with Crippen LogP contribution in [-0.2, 0) is 11.3 Å². The molecule has 0 spiro atoms. The standard InChI is InChI=1S/C13H17IO/c1-3-7-12(4-2)15-10-11-8-5-6-9-13(11)14/h3,5-9,12H,4,10H2,1-2H3/b7-3+. The predicted molar refractivity (Wildman–Crippen MR) is 72.8 cm³/mol. The van der Waals surface area contributed by atoms with E-state index in [-0.39, 0.29) is 6.10 Å². The second-order valence-electron chi connectivity index (χ2n) is 3.37. The number of hydrogen-bond acceptors (Lipinski definition) is 1. The summed E-state index contributed by atoms with van der Waals surface area (Å²) in [5.41, 5.74) is 1.26. The minimum atomic E-state index is 0.242. The van der Waals surface area contributed by atoms with Crippen LogP contribution in [0.4, 0.5) is 0 Å². The number of benzene rings is 1. The third kappa shape index (κ3) is 4.34. The van der Waals surface area contributed by atoms with Crippen molar-refractivity contribution in [2.24, 2.45) is 0 Å². The number of allylic oxidation sites excluding steroid dienone is 1. The first-order valence-electron chi connectivity index (χ1n) is 5.25. The molecule has 1 nitrogen and oxygen atoms in total. The molecule has 0 N–H and O–H groups in total. The molecular weight excluding hydrogens is 299 g/mol. The Labute approximate surface area is 106 Å². The second-order valence-corrected chi connectivity index (χ2v) is 4.54. The van der Waals surface area contributed by atoms with Crippen LogP contribution in [0.3, 0.4) is 0 Å². The monoisotopic (exact) mass is 316 g/mol. The van der Waals surface area contributed by atoms with Gasteiger partial charge in [-0.3, -0.25) is 0 Å². The summed E-state index contributed by atoms with van der Waals surface area (Å²) in [5.74, 6) is 0. The average Bonchev–Trinajstić information content (AvgIpc) is 2.26. The maximum Gasteiger partial charge on any atom is 0.0757 e. The topological polar surface area (TPSA) is 9.23 Å². The largest absolute Gasteiger partial charge is 0.369 e. The van der Waals surface area contributed by atoms with Gasteiger partial charge in [-0.25, -0.2) is 0 Å². The van der Waals surface area contributed by atoms with Crippen molar-refractivity contribution >= 4 is 22.6 Å². The Balaban J connectivity index is 2.52. The van der Waals surface area contributed by atoms with Crippen molar-refractivity contribution in [3.05, 3.63) is 45.6 Å². The minimum Gasteiger partial charge on any atom is -0.369 e. The van der Waals surface area contributed by atoms with E-state index in [0.717, 1.165) is 6.42 Å². The van der Waals surface area contributed by atoms with E-state index in [2.05, 4.69) is 59.9 Å². The molecule has 0 aliphatic carbocycles. The highest BCUT2D eigenvalue weighted by molar-refractivity contribution is 14.1. The van der Waals surface area contributed by atoms with Gasteiger partial charge in [0.05, 0.1) is 12.7 Å².